The largest absolute Gasteiger partial charge is 0.497 e. The highest BCUT2D eigenvalue weighted by Gasteiger charge is 2.27. The topological polar surface area (TPSA) is 67.9 Å². The highest BCUT2D eigenvalue weighted by Crippen LogP contribution is 2.18. The second kappa shape index (κ2) is 10.9. The fraction of sp³-hybridized carbons (Fsp3) is 0.364. The Kier molecular flexibility index (Phi) is 8.51. The van der Waals surface area contributed by atoms with Crippen LogP contribution in [0.1, 0.15) is 26.3 Å². The molecule has 6 nitrogen and oxygen atoms in total. The zero-order valence-electron chi connectivity index (χ0n) is 17.1. The molecule has 2 amide bonds. The summed E-state index contributed by atoms with van der Waals surface area (Å²) in [5, 5.41) is 2.86. The van der Waals surface area contributed by atoms with Crippen molar-refractivity contribution in [2.45, 2.75) is 39.4 Å². The first kappa shape index (κ1) is 22.7. The number of rotatable bonds is 9. The molecule has 0 aromatic heterocycles. The lowest BCUT2D eigenvalue weighted by atomic mass is 10.1. The van der Waals surface area contributed by atoms with Gasteiger partial charge in [0.1, 0.15) is 17.5 Å². The first-order valence-corrected chi connectivity index (χ1v) is 10.2. The molecule has 0 aliphatic carbocycles. The van der Waals surface area contributed by atoms with Crippen LogP contribution in [-0.4, -0.2) is 42.5 Å². The Hall–Kier alpha value is -2.54. The van der Waals surface area contributed by atoms with E-state index < -0.39 is 6.04 Å². The third-order valence-electron chi connectivity index (χ3n) is 4.26. The summed E-state index contributed by atoms with van der Waals surface area (Å²) in [5.41, 5.74) is 0.866. The van der Waals surface area contributed by atoms with E-state index in [1.807, 2.05) is 50.2 Å². The first-order valence-electron chi connectivity index (χ1n) is 9.41. The number of hydrogen-bond acceptors (Lipinski definition) is 4. The highest BCUT2D eigenvalue weighted by molar-refractivity contribution is 9.10. The molecule has 7 heteroatoms. The normalized spacial score (nSPS) is 11.7. The predicted octanol–water partition coefficient (Wildman–Crippen LogP) is 3.78. The van der Waals surface area contributed by atoms with Crippen LogP contribution < -0.4 is 14.8 Å². The molecule has 2 aromatic carbocycles. The van der Waals surface area contributed by atoms with Gasteiger partial charge in [-0.1, -0.05) is 28.1 Å². The van der Waals surface area contributed by atoms with E-state index in [2.05, 4.69) is 21.2 Å². The predicted molar refractivity (Wildman–Crippen MR) is 116 cm³/mol. The minimum Gasteiger partial charge on any atom is -0.497 e. The van der Waals surface area contributed by atoms with Gasteiger partial charge in [-0.15, -0.1) is 0 Å². The number of nitrogens with zero attached hydrogens (tertiary/aromatic N) is 1. The molecule has 0 aliphatic rings. The molecule has 29 heavy (non-hydrogen) atoms. The maximum atomic E-state index is 13.0. The van der Waals surface area contributed by atoms with Crippen LogP contribution in [0.3, 0.4) is 0 Å². The molecular formula is C22H27BrN2O4. The lowest BCUT2D eigenvalue weighted by Gasteiger charge is -2.29. The van der Waals surface area contributed by atoms with Gasteiger partial charge in [-0.3, -0.25) is 9.59 Å². The van der Waals surface area contributed by atoms with Crippen molar-refractivity contribution < 1.29 is 19.1 Å². The van der Waals surface area contributed by atoms with Crippen molar-refractivity contribution in [1.82, 2.24) is 10.2 Å². The average Bonchev–Trinajstić information content (AvgIpc) is 2.70. The van der Waals surface area contributed by atoms with Gasteiger partial charge in [-0.25, -0.2) is 0 Å². The smallest absolute Gasteiger partial charge is 0.261 e. The SMILES string of the molecule is COc1cccc(CN(C(=O)COc2ccc(Br)cc2)[C@@H](C)C(=O)NC(C)C)c1. The quantitative estimate of drug-likeness (QED) is 0.615. The summed E-state index contributed by atoms with van der Waals surface area (Å²) in [6.07, 6.45) is 0. The Balaban J connectivity index is 2.16. The molecule has 1 atom stereocenters. The maximum absolute atomic E-state index is 13.0. The molecule has 0 fully saturated rings. The summed E-state index contributed by atoms with van der Waals surface area (Å²) in [4.78, 5) is 27.0. The monoisotopic (exact) mass is 462 g/mol. The Morgan fingerprint density at radius 2 is 1.76 bits per heavy atom. The molecular weight excluding hydrogens is 436 g/mol. The number of carbonyl (C=O) groups is 2. The minimum atomic E-state index is -0.649. The number of carbonyl (C=O) groups excluding carboxylic acids is 2. The van der Waals surface area contributed by atoms with E-state index in [4.69, 9.17) is 9.47 Å². The van der Waals surface area contributed by atoms with E-state index >= 15 is 0 Å². The molecule has 0 aliphatic heterocycles. The van der Waals surface area contributed by atoms with Crippen LogP contribution in [0.15, 0.2) is 53.0 Å². The van der Waals surface area contributed by atoms with Gasteiger partial charge in [-0.05, 0) is 62.7 Å². The van der Waals surface area contributed by atoms with Gasteiger partial charge in [0.25, 0.3) is 5.91 Å². The van der Waals surface area contributed by atoms with Crippen LogP contribution in [0.25, 0.3) is 0 Å². The van der Waals surface area contributed by atoms with Crippen LogP contribution in [-0.2, 0) is 16.1 Å². The van der Waals surface area contributed by atoms with E-state index in [1.165, 1.54) is 4.90 Å². The molecule has 0 spiro atoms. The average molecular weight is 463 g/mol. The Morgan fingerprint density at radius 1 is 1.07 bits per heavy atom. The molecule has 0 radical (unpaired) electrons. The zero-order chi connectivity index (χ0) is 21.4. The number of ether oxygens (including phenoxy) is 2. The molecule has 2 aromatic rings. The Bertz CT molecular complexity index is 824. The summed E-state index contributed by atoms with van der Waals surface area (Å²) in [5.74, 6) is 0.796. The third kappa shape index (κ3) is 7.09. The number of nitrogens with one attached hydrogen (secondary N) is 1. The number of halogens is 1. The van der Waals surface area contributed by atoms with Crippen molar-refractivity contribution in [1.29, 1.82) is 0 Å². The summed E-state index contributed by atoms with van der Waals surface area (Å²) in [6.45, 7) is 5.59. The van der Waals surface area contributed by atoms with Crippen LogP contribution in [0, 0.1) is 0 Å². The fourth-order valence-electron chi connectivity index (χ4n) is 2.71. The van der Waals surface area contributed by atoms with E-state index in [1.54, 1.807) is 26.2 Å². The van der Waals surface area contributed by atoms with Gasteiger partial charge >= 0.3 is 0 Å². The Labute approximate surface area is 180 Å². The van der Waals surface area contributed by atoms with Crippen molar-refractivity contribution in [2.75, 3.05) is 13.7 Å². The molecule has 0 unspecified atom stereocenters. The molecule has 0 bridgehead atoms. The first-order chi connectivity index (χ1) is 13.8. The lowest BCUT2D eigenvalue weighted by Crippen LogP contribution is -2.50. The third-order valence-corrected chi connectivity index (χ3v) is 4.79. The molecule has 156 valence electrons. The number of amides is 2. The van der Waals surface area contributed by atoms with E-state index in [9.17, 15) is 9.59 Å². The molecule has 0 saturated carbocycles. The van der Waals surface area contributed by atoms with Gasteiger partial charge in [0, 0.05) is 17.1 Å². The second-order valence-electron chi connectivity index (χ2n) is 6.96. The van der Waals surface area contributed by atoms with Crippen molar-refractivity contribution in [2.24, 2.45) is 0 Å². The van der Waals surface area contributed by atoms with E-state index in [0.29, 0.717) is 11.5 Å². The van der Waals surface area contributed by atoms with Gasteiger partial charge in [0.15, 0.2) is 6.61 Å². The highest BCUT2D eigenvalue weighted by atomic mass is 79.9. The summed E-state index contributed by atoms with van der Waals surface area (Å²) < 4.78 is 11.8. The van der Waals surface area contributed by atoms with Gasteiger partial charge < -0.3 is 19.7 Å². The summed E-state index contributed by atoms with van der Waals surface area (Å²) in [6, 6.07) is 14.0. The lowest BCUT2D eigenvalue weighted by molar-refractivity contribution is -0.142. The maximum Gasteiger partial charge on any atom is 0.261 e. The molecule has 0 saturated heterocycles. The van der Waals surface area contributed by atoms with Gasteiger partial charge in [0.05, 0.1) is 7.11 Å². The molecule has 2 rings (SSSR count). The minimum absolute atomic E-state index is 0.0160. The summed E-state index contributed by atoms with van der Waals surface area (Å²) in [7, 11) is 1.59. The van der Waals surface area contributed by atoms with Crippen molar-refractivity contribution in [3.63, 3.8) is 0 Å². The van der Waals surface area contributed by atoms with Crippen LogP contribution in [0.2, 0.25) is 0 Å². The van der Waals surface area contributed by atoms with Crippen LogP contribution >= 0.6 is 15.9 Å². The van der Waals surface area contributed by atoms with Gasteiger partial charge in [0.2, 0.25) is 5.91 Å². The Morgan fingerprint density at radius 3 is 2.38 bits per heavy atom. The van der Waals surface area contributed by atoms with Crippen LogP contribution in [0.5, 0.6) is 11.5 Å². The zero-order valence-corrected chi connectivity index (χ0v) is 18.7. The summed E-state index contributed by atoms with van der Waals surface area (Å²) >= 11 is 3.37. The molecule has 0 heterocycles. The standard InChI is InChI=1S/C22H27BrN2O4/c1-15(2)24-22(27)16(3)25(13-17-6-5-7-20(12-17)28-4)21(26)14-29-19-10-8-18(23)9-11-19/h5-12,15-16H,13-14H2,1-4H3,(H,24,27)/t16-/m0/s1. The van der Waals surface area contributed by atoms with Crippen LogP contribution in [0.4, 0.5) is 0 Å². The number of methoxy groups -OCH3 is 1. The van der Waals surface area contributed by atoms with Crippen molar-refractivity contribution in [3.8, 4) is 11.5 Å². The van der Waals surface area contributed by atoms with Crippen molar-refractivity contribution in [3.05, 3.63) is 58.6 Å². The van der Waals surface area contributed by atoms with E-state index in [0.717, 1.165) is 10.0 Å². The molecule has 1 N–H and O–H groups in total. The van der Waals surface area contributed by atoms with Gasteiger partial charge in [-0.2, -0.15) is 0 Å². The van der Waals surface area contributed by atoms with Crippen molar-refractivity contribution >= 4 is 27.7 Å². The number of benzene rings is 2. The fourth-order valence-corrected chi connectivity index (χ4v) is 2.98. The second-order valence-corrected chi connectivity index (χ2v) is 7.87. The number of hydrogen-bond donors (Lipinski definition) is 1. The van der Waals surface area contributed by atoms with E-state index in [-0.39, 0.29) is 31.0 Å².